The van der Waals surface area contributed by atoms with Gasteiger partial charge in [0, 0.05) is 58.4 Å². The standard InChI is InChI=1S/C6H17N3O.Y/c1-6(7)5-9(10)4-3-8-2;/h6,8,10H,3-5,7H2,1-2H3;. The fraction of sp³-hybridized carbons (Fsp3) is 1.00. The van der Waals surface area contributed by atoms with Crippen molar-refractivity contribution in [3.8, 4) is 0 Å². The fourth-order valence-corrected chi connectivity index (χ4v) is 0.665. The molecule has 0 bridgehead atoms. The zero-order valence-corrected chi connectivity index (χ0v) is 10.1. The normalized spacial score (nSPS) is 12.8. The van der Waals surface area contributed by atoms with E-state index in [1.807, 2.05) is 14.0 Å². The van der Waals surface area contributed by atoms with Gasteiger partial charge in [-0.05, 0) is 14.0 Å². The van der Waals surface area contributed by atoms with Crippen molar-refractivity contribution in [3.63, 3.8) is 0 Å². The molecule has 0 saturated heterocycles. The predicted molar refractivity (Wildman–Crippen MR) is 40.9 cm³/mol. The van der Waals surface area contributed by atoms with Crippen molar-refractivity contribution < 1.29 is 37.9 Å². The van der Waals surface area contributed by atoms with Crippen LogP contribution in [0.3, 0.4) is 0 Å². The maximum absolute atomic E-state index is 9.06. The first-order valence-corrected chi connectivity index (χ1v) is 3.50. The van der Waals surface area contributed by atoms with Gasteiger partial charge in [0.05, 0.1) is 0 Å². The van der Waals surface area contributed by atoms with E-state index in [-0.39, 0.29) is 38.8 Å². The van der Waals surface area contributed by atoms with Crippen LogP contribution in [0.15, 0.2) is 0 Å². The van der Waals surface area contributed by atoms with Gasteiger partial charge in [-0.25, -0.2) is 0 Å². The molecule has 0 aliphatic heterocycles. The molecule has 4 nitrogen and oxygen atoms in total. The van der Waals surface area contributed by atoms with Crippen LogP contribution in [0.5, 0.6) is 0 Å². The smallest absolute Gasteiger partial charge is 0.0387 e. The molecular weight excluding hydrogens is 219 g/mol. The van der Waals surface area contributed by atoms with Gasteiger partial charge in [-0.15, -0.1) is 0 Å². The molecule has 0 aliphatic carbocycles. The van der Waals surface area contributed by atoms with Gasteiger partial charge in [-0.2, -0.15) is 5.06 Å². The maximum Gasteiger partial charge on any atom is 0.0387 e. The summed E-state index contributed by atoms with van der Waals surface area (Å²) in [5, 5.41) is 13.2. The summed E-state index contributed by atoms with van der Waals surface area (Å²) in [6.45, 7) is 3.80. The van der Waals surface area contributed by atoms with E-state index >= 15 is 0 Å². The molecule has 1 unspecified atom stereocenters. The number of nitrogens with zero attached hydrogens (tertiary/aromatic N) is 1. The molecule has 0 saturated carbocycles. The Kier molecular flexibility index (Phi) is 11.9. The molecule has 0 aliphatic rings. The van der Waals surface area contributed by atoms with E-state index in [1.54, 1.807) is 0 Å². The third-order valence-corrected chi connectivity index (χ3v) is 1.12. The minimum Gasteiger partial charge on any atom is -0.327 e. The number of hydrogen-bond acceptors (Lipinski definition) is 4. The van der Waals surface area contributed by atoms with Crippen molar-refractivity contribution >= 4 is 0 Å². The van der Waals surface area contributed by atoms with E-state index in [2.05, 4.69) is 5.32 Å². The molecule has 0 aromatic rings. The Morgan fingerprint density at radius 3 is 2.55 bits per heavy atom. The van der Waals surface area contributed by atoms with Gasteiger partial charge >= 0.3 is 0 Å². The van der Waals surface area contributed by atoms with Crippen LogP contribution in [0.1, 0.15) is 6.92 Å². The van der Waals surface area contributed by atoms with Crippen molar-refractivity contribution in [3.05, 3.63) is 0 Å². The van der Waals surface area contributed by atoms with Gasteiger partial charge in [0.15, 0.2) is 0 Å². The summed E-state index contributed by atoms with van der Waals surface area (Å²) in [5.74, 6) is 0. The van der Waals surface area contributed by atoms with Crippen molar-refractivity contribution in [2.75, 3.05) is 26.7 Å². The molecule has 11 heavy (non-hydrogen) atoms. The van der Waals surface area contributed by atoms with E-state index in [1.165, 1.54) is 5.06 Å². The van der Waals surface area contributed by atoms with E-state index in [4.69, 9.17) is 10.9 Å². The van der Waals surface area contributed by atoms with Gasteiger partial charge < -0.3 is 16.3 Å². The molecule has 0 fully saturated rings. The average Bonchev–Trinajstić information content (AvgIpc) is 1.82. The topological polar surface area (TPSA) is 61.5 Å². The Morgan fingerprint density at radius 2 is 2.18 bits per heavy atom. The van der Waals surface area contributed by atoms with E-state index in [0.717, 1.165) is 6.54 Å². The number of rotatable bonds is 5. The summed E-state index contributed by atoms with van der Waals surface area (Å²) in [7, 11) is 1.85. The average molecular weight is 236 g/mol. The zero-order valence-electron chi connectivity index (χ0n) is 7.25. The number of hydrogen-bond donors (Lipinski definition) is 3. The molecule has 5 heteroatoms. The van der Waals surface area contributed by atoms with Crippen LogP contribution in [0.25, 0.3) is 0 Å². The Hall–Kier alpha value is 0.944. The van der Waals surface area contributed by atoms with Crippen LogP contribution < -0.4 is 11.1 Å². The molecule has 1 radical (unpaired) electrons. The molecule has 0 aromatic carbocycles. The first-order valence-electron chi connectivity index (χ1n) is 3.50. The van der Waals surface area contributed by atoms with E-state index in [9.17, 15) is 0 Å². The minimum atomic E-state index is 0. The molecule has 4 N–H and O–H groups in total. The van der Waals surface area contributed by atoms with E-state index in [0.29, 0.717) is 13.1 Å². The SMILES string of the molecule is CNCCN(O)CC(C)N.[Y]. The first-order chi connectivity index (χ1) is 4.66. The third-order valence-electron chi connectivity index (χ3n) is 1.12. The van der Waals surface area contributed by atoms with Crippen molar-refractivity contribution in [2.45, 2.75) is 13.0 Å². The second kappa shape index (κ2) is 9.04. The van der Waals surface area contributed by atoms with Gasteiger partial charge in [-0.1, -0.05) is 0 Å². The fourth-order valence-electron chi connectivity index (χ4n) is 0.665. The quantitative estimate of drug-likeness (QED) is 0.549. The number of hydroxylamine groups is 2. The van der Waals surface area contributed by atoms with Crippen molar-refractivity contribution in [2.24, 2.45) is 5.73 Å². The molecular formula is C6H17N3OY. The van der Waals surface area contributed by atoms with Crippen LogP contribution in [0.4, 0.5) is 0 Å². The van der Waals surface area contributed by atoms with Crippen LogP contribution in [0.2, 0.25) is 0 Å². The second-order valence-corrected chi connectivity index (χ2v) is 2.49. The predicted octanol–water partition coefficient (Wildman–Crippen LogP) is -0.758. The van der Waals surface area contributed by atoms with Crippen LogP contribution in [0, 0.1) is 0 Å². The number of nitrogens with one attached hydrogen (secondary N) is 1. The molecule has 1 atom stereocenters. The molecule has 0 amide bonds. The van der Waals surface area contributed by atoms with Crippen molar-refractivity contribution in [1.29, 1.82) is 0 Å². The number of likely N-dealkylation sites (N-methyl/N-ethyl adjacent to an activating group) is 1. The summed E-state index contributed by atoms with van der Waals surface area (Å²) < 4.78 is 0. The Balaban J connectivity index is 0. The first kappa shape index (κ1) is 14.5. The Morgan fingerprint density at radius 1 is 1.64 bits per heavy atom. The Bertz CT molecular complexity index is 82.2. The maximum atomic E-state index is 9.06. The largest absolute Gasteiger partial charge is 0.327 e. The van der Waals surface area contributed by atoms with Crippen LogP contribution in [-0.2, 0) is 32.7 Å². The van der Waals surface area contributed by atoms with Gasteiger partial charge in [-0.3, -0.25) is 0 Å². The van der Waals surface area contributed by atoms with Gasteiger partial charge in [0.1, 0.15) is 0 Å². The minimum absolute atomic E-state index is 0. The second-order valence-electron chi connectivity index (χ2n) is 2.49. The van der Waals surface area contributed by atoms with E-state index < -0.39 is 0 Å². The van der Waals surface area contributed by atoms with Crippen LogP contribution >= 0.6 is 0 Å². The molecule has 0 aromatic heterocycles. The Labute approximate surface area is 93.3 Å². The van der Waals surface area contributed by atoms with Crippen molar-refractivity contribution in [1.82, 2.24) is 10.4 Å². The summed E-state index contributed by atoms with van der Waals surface area (Å²) in [6.07, 6.45) is 0. The summed E-state index contributed by atoms with van der Waals surface area (Å²) in [6, 6.07) is 0.0295. The molecule has 0 heterocycles. The number of nitrogens with two attached hydrogens (primary N) is 1. The molecule has 0 rings (SSSR count). The summed E-state index contributed by atoms with van der Waals surface area (Å²) >= 11 is 0. The zero-order chi connectivity index (χ0) is 7.98. The van der Waals surface area contributed by atoms with Gasteiger partial charge in [0.2, 0.25) is 0 Å². The molecule has 65 valence electrons. The van der Waals surface area contributed by atoms with Crippen LogP contribution in [-0.4, -0.2) is 43.0 Å². The third kappa shape index (κ3) is 10.9. The monoisotopic (exact) mass is 236 g/mol. The molecule has 0 spiro atoms. The summed E-state index contributed by atoms with van der Waals surface area (Å²) in [5.41, 5.74) is 5.44. The summed E-state index contributed by atoms with van der Waals surface area (Å²) in [4.78, 5) is 0. The van der Waals surface area contributed by atoms with Gasteiger partial charge in [0.25, 0.3) is 0 Å².